The van der Waals surface area contributed by atoms with E-state index in [0.717, 1.165) is 30.2 Å². The van der Waals surface area contributed by atoms with Gasteiger partial charge in [0.2, 0.25) is 11.8 Å². The maximum Gasteiger partial charge on any atom is 0.408 e. The Morgan fingerprint density at radius 2 is 1.89 bits per heavy atom. The second-order valence-electron chi connectivity index (χ2n) is 12.9. The first-order chi connectivity index (χ1) is 21.9. The number of amides is 3. The van der Waals surface area contributed by atoms with E-state index in [2.05, 4.69) is 28.8 Å². The van der Waals surface area contributed by atoms with Crippen LogP contribution in [0.15, 0.2) is 61.8 Å². The van der Waals surface area contributed by atoms with Gasteiger partial charge in [0, 0.05) is 23.9 Å². The Balaban J connectivity index is 1.61. The Hall–Kier alpha value is -4.41. The van der Waals surface area contributed by atoms with Gasteiger partial charge in [-0.3, -0.25) is 14.6 Å². The summed E-state index contributed by atoms with van der Waals surface area (Å²) in [6, 6.07) is 7.39. The number of unbranched alkanes of at least 4 members (excludes halogenated alkanes) is 3. The van der Waals surface area contributed by atoms with E-state index >= 15 is 0 Å². The van der Waals surface area contributed by atoms with Crippen molar-refractivity contribution in [3.8, 4) is 5.75 Å². The molecule has 2 N–H and O–H groups in total. The normalized spacial score (nSPS) is 22.8. The van der Waals surface area contributed by atoms with Gasteiger partial charge in [-0.05, 0) is 64.7 Å². The lowest BCUT2D eigenvalue weighted by Crippen LogP contribution is -2.56. The van der Waals surface area contributed by atoms with Gasteiger partial charge in [-0.25, -0.2) is 9.59 Å². The summed E-state index contributed by atoms with van der Waals surface area (Å²) < 4.78 is 16.9. The highest BCUT2D eigenvalue weighted by atomic mass is 16.6. The number of alkyl carbamates (subject to hydrolysis) is 1. The molecule has 1 saturated heterocycles. The number of hydrogen-bond donors (Lipinski definition) is 2. The number of para-hydroxylation sites is 1. The van der Waals surface area contributed by atoms with E-state index in [-0.39, 0.29) is 18.9 Å². The van der Waals surface area contributed by atoms with Crippen LogP contribution in [0.2, 0.25) is 0 Å². The lowest BCUT2D eigenvalue weighted by atomic mass is 10.0. The number of hydrogen-bond acceptors (Lipinski definition) is 8. The Morgan fingerprint density at radius 3 is 2.57 bits per heavy atom. The zero-order valence-corrected chi connectivity index (χ0v) is 27.3. The van der Waals surface area contributed by atoms with E-state index in [1.54, 1.807) is 39.1 Å². The third-order valence-electron chi connectivity index (χ3n) is 8.34. The molecule has 1 aliphatic heterocycles. The molecule has 46 heavy (non-hydrogen) atoms. The smallest absolute Gasteiger partial charge is 0.408 e. The summed E-state index contributed by atoms with van der Waals surface area (Å²) in [7, 11) is 1.27. The van der Waals surface area contributed by atoms with Gasteiger partial charge >= 0.3 is 12.1 Å². The lowest BCUT2D eigenvalue weighted by Gasteiger charge is -2.30. The number of carbonyl (C=O) groups excluding carboxylic acids is 4. The van der Waals surface area contributed by atoms with E-state index in [0.29, 0.717) is 25.0 Å². The Bertz CT molecular complexity index is 1450. The zero-order chi connectivity index (χ0) is 33.5. The first kappa shape index (κ1) is 34.5. The Morgan fingerprint density at radius 1 is 1.13 bits per heavy atom. The van der Waals surface area contributed by atoms with Crippen LogP contribution >= 0.6 is 0 Å². The van der Waals surface area contributed by atoms with Crippen molar-refractivity contribution in [3.05, 3.63) is 61.8 Å². The first-order valence-electron chi connectivity index (χ1n) is 15.9. The van der Waals surface area contributed by atoms with Gasteiger partial charge in [0.05, 0.1) is 19.2 Å². The molecule has 0 radical (unpaired) electrons. The SMILES string of the molecule is C=CCCCCC[C@H](NC(=O)OC(C)(C)C)C(=O)N1C[C@H](Oc2ccnc3ccccc23)C[C@H]1C(=O)N[C@]1(C(=O)OC)C[C@@H]1C=C. The maximum absolute atomic E-state index is 14.3. The van der Waals surface area contributed by atoms with Crippen molar-refractivity contribution in [2.75, 3.05) is 13.7 Å². The molecule has 2 fully saturated rings. The largest absolute Gasteiger partial charge is 0.488 e. The van der Waals surface area contributed by atoms with E-state index in [1.165, 1.54) is 12.0 Å². The van der Waals surface area contributed by atoms with Crippen molar-refractivity contribution in [1.29, 1.82) is 0 Å². The minimum Gasteiger partial charge on any atom is -0.488 e. The number of aromatic nitrogens is 1. The minimum atomic E-state index is -1.23. The number of esters is 1. The quantitative estimate of drug-likeness (QED) is 0.171. The molecule has 1 saturated carbocycles. The second kappa shape index (κ2) is 14.8. The fourth-order valence-electron chi connectivity index (χ4n) is 5.94. The average Bonchev–Trinajstić information content (AvgIpc) is 3.57. The number of methoxy groups -OCH3 is 1. The van der Waals surface area contributed by atoms with Crippen LogP contribution in [0.4, 0.5) is 4.79 Å². The summed E-state index contributed by atoms with van der Waals surface area (Å²) in [5.41, 5.74) is -1.25. The average molecular weight is 635 g/mol. The predicted molar refractivity (Wildman–Crippen MR) is 174 cm³/mol. The molecule has 1 aromatic carbocycles. The molecule has 248 valence electrons. The van der Waals surface area contributed by atoms with Gasteiger partial charge in [0.25, 0.3) is 0 Å². The third-order valence-corrected chi connectivity index (χ3v) is 8.34. The van der Waals surface area contributed by atoms with Crippen molar-refractivity contribution in [2.24, 2.45) is 5.92 Å². The molecule has 2 heterocycles. The lowest BCUT2D eigenvalue weighted by molar-refractivity contribution is -0.148. The number of pyridine rings is 1. The van der Waals surface area contributed by atoms with Crippen molar-refractivity contribution >= 4 is 34.8 Å². The topological polar surface area (TPSA) is 136 Å². The van der Waals surface area contributed by atoms with Crippen LogP contribution in [0.3, 0.4) is 0 Å². The Labute approximate surface area is 270 Å². The van der Waals surface area contributed by atoms with Gasteiger partial charge in [-0.2, -0.15) is 0 Å². The number of nitrogens with one attached hydrogen (secondary N) is 2. The van der Waals surface area contributed by atoms with Gasteiger partial charge in [-0.1, -0.05) is 37.1 Å². The van der Waals surface area contributed by atoms with E-state index in [9.17, 15) is 19.2 Å². The van der Waals surface area contributed by atoms with Crippen LogP contribution in [-0.4, -0.2) is 76.7 Å². The standard InChI is InChI=1S/C35H46N4O7/c1-7-9-10-11-12-17-27(37-33(43)46-34(3,4)5)31(41)39-22-24(45-29-18-19-36-26-16-14-13-15-25(26)29)20-28(39)30(40)38-35(32(42)44-6)21-23(35)8-2/h7-8,13-16,18-19,23-24,27-28H,1-2,9-12,17,20-22H2,3-6H3,(H,37,43)(H,38,40)/t23-,24+,27-,28-,35+/m0/s1. The minimum absolute atomic E-state index is 0.0899. The van der Waals surface area contributed by atoms with Gasteiger partial charge < -0.3 is 29.7 Å². The van der Waals surface area contributed by atoms with Crippen LogP contribution in [-0.2, 0) is 23.9 Å². The number of benzene rings is 1. The highest BCUT2D eigenvalue weighted by Gasteiger charge is 2.62. The molecule has 1 aromatic heterocycles. The van der Waals surface area contributed by atoms with Crippen LogP contribution < -0.4 is 15.4 Å². The highest BCUT2D eigenvalue weighted by molar-refractivity contribution is 5.96. The summed E-state index contributed by atoms with van der Waals surface area (Å²) in [4.78, 5) is 59.6. The van der Waals surface area contributed by atoms with Gasteiger partial charge in [0.1, 0.15) is 35.1 Å². The number of carbonyl (C=O) groups is 4. The van der Waals surface area contributed by atoms with E-state index < -0.39 is 53.2 Å². The molecule has 1 aliphatic carbocycles. The van der Waals surface area contributed by atoms with Crippen LogP contribution in [0.5, 0.6) is 5.75 Å². The molecule has 2 aliphatic rings. The van der Waals surface area contributed by atoms with E-state index in [1.807, 2.05) is 30.3 Å². The highest BCUT2D eigenvalue weighted by Crippen LogP contribution is 2.45. The molecule has 0 bridgehead atoms. The van der Waals surface area contributed by atoms with Gasteiger partial charge in [0.15, 0.2) is 0 Å². The van der Waals surface area contributed by atoms with E-state index in [4.69, 9.17) is 14.2 Å². The number of fused-ring (bicyclic) bond motifs is 1. The molecule has 0 unspecified atom stereocenters. The summed E-state index contributed by atoms with van der Waals surface area (Å²) in [6.07, 6.45) is 7.97. The predicted octanol–water partition coefficient (Wildman–Crippen LogP) is 4.85. The molecule has 11 nitrogen and oxygen atoms in total. The molecule has 11 heteroatoms. The van der Waals surface area contributed by atoms with Crippen LogP contribution in [0.1, 0.15) is 65.7 Å². The summed E-state index contributed by atoms with van der Waals surface area (Å²) in [5.74, 6) is -1.21. The number of ether oxygens (including phenoxy) is 3. The van der Waals surface area contributed by atoms with Crippen molar-refractivity contribution < 1.29 is 33.4 Å². The second-order valence-corrected chi connectivity index (χ2v) is 12.9. The Kier molecular flexibility index (Phi) is 11.1. The fraction of sp³-hybridized carbons (Fsp3) is 0.514. The molecule has 0 spiro atoms. The number of likely N-dealkylation sites (tertiary alicyclic amines) is 1. The molecule has 5 atom stereocenters. The van der Waals surface area contributed by atoms with Crippen LogP contribution in [0, 0.1) is 5.92 Å². The molecular weight excluding hydrogens is 588 g/mol. The number of allylic oxidation sites excluding steroid dienone is 1. The molecule has 4 rings (SSSR count). The van der Waals surface area contributed by atoms with Crippen molar-refractivity contribution in [2.45, 2.75) is 95.0 Å². The molecular formula is C35H46N4O7. The summed E-state index contributed by atoms with van der Waals surface area (Å²) in [6.45, 7) is 12.9. The first-order valence-corrected chi connectivity index (χ1v) is 15.9. The molecule has 2 aromatic rings. The van der Waals surface area contributed by atoms with Crippen molar-refractivity contribution in [1.82, 2.24) is 20.5 Å². The molecule has 3 amide bonds. The summed E-state index contributed by atoms with van der Waals surface area (Å²) >= 11 is 0. The maximum atomic E-state index is 14.3. The summed E-state index contributed by atoms with van der Waals surface area (Å²) in [5, 5.41) is 6.43. The van der Waals surface area contributed by atoms with Crippen LogP contribution in [0.25, 0.3) is 10.9 Å². The zero-order valence-electron chi connectivity index (χ0n) is 27.3. The monoisotopic (exact) mass is 634 g/mol. The third kappa shape index (κ3) is 8.24. The number of nitrogens with zero attached hydrogens (tertiary/aromatic N) is 2. The fourth-order valence-corrected chi connectivity index (χ4v) is 5.94. The van der Waals surface area contributed by atoms with Crippen molar-refractivity contribution in [3.63, 3.8) is 0 Å². The number of rotatable bonds is 14. The van der Waals surface area contributed by atoms with Gasteiger partial charge in [-0.15, -0.1) is 13.2 Å².